The molecule has 24 heavy (non-hydrogen) atoms. The minimum Gasteiger partial charge on any atom is -0.381 e. The molecule has 128 valence electrons. The third-order valence-electron chi connectivity index (χ3n) is 4.43. The van der Waals surface area contributed by atoms with E-state index in [1.54, 1.807) is 0 Å². The summed E-state index contributed by atoms with van der Waals surface area (Å²) >= 11 is 0. The van der Waals surface area contributed by atoms with Crippen molar-refractivity contribution in [2.75, 3.05) is 36.9 Å². The minimum absolute atomic E-state index is 0.339. The van der Waals surface area contributed by atoms with Crippen LogP contribution in [0.3, 0.4) is 0 Å². The second kappa shape index (κ2) is 8.11. The lowest BCUT2D eigenvalue weighted by molar-refractivity contribution is 0.193. The molecule has 0 spiro atoms. The Labute approximate surface area is 143 Å². The van der Waals surface area contributed by atoms with Gasteiger partial charge in [-0.05, 0) is 24.8 Å². The quantitative estimate of drug-likeness (QED) is 0.847. The molecule has 1 aromatic carbocycles. The van der Waals surface area contributed by atoms with Gasteiger partial charge in [0.25, 0.3) is 0 Å². The van der Waals surface area contributed by atoms with E-state index in [0.29, 0.717) is 11.9 Å². The monoisotopic (exact) mass is 326 g/mol. The number of hydrogen-bond acceptors (Lipinski definition) is 5. The van der Waals surface area contributed by atoms with E-state index in [2.05, 4.69) is 52.1 Å². The van der Waals surface area contributed by atoms with Gasteiger partial charge in [0.15, 0.2) is 0 Å². The first-order chi connectivity index (χ1) is 11.8. The molecule has 1 atom stereocenters. The number of benzene rings is 1. The molecule has 1 fully saturated rings. The Morgan fingerprint density at radius 1 is 1.21 bits per heavy atom. The molecule has 1 aromatic heterocycles. The van der Waals surface area contributed by atoms with E-state index in [1.165, 1.54) is 5.56 Å². The summed E-state index contributed by atoms with van der Waals surface area (Å²) in [7, 11) is 0. The average molecular weight is 326 g/mol. The van der Waals surface area contributed by atoms with Crippen LogP contribution in [-0.2, 0) is 11.2 Å². The van der Waals surface area contributed by atoms with Crippen LogP contribution in [0.25, 0.3) is 0 Å². The summed E-state index contributed by atoms with van der Waals surface area (Å²) in [5, 5.41) is 0. The van der Waals surface area contributed by atoms with Crippen molar-refractivity contribution in [3.05, 3.63) is 47.7 Å². The van der Waals surface area contributed by atoms with Crippen molar-refractivity contribution >= 4 is 11.8 Å². The van der Waals surface area contributed by atoms with Crippen molar-refractivity contribution in [1.82, 2.24) is 9.97 Å². The Kier molecular flexibility index (Phi) is 5.64. The van der Waals surface area contributed by atoms with E-state index in [0.717, 1.165) is 57.1 Å². The Morgan fingerprint density at radius 3 is 2.75 bits per heavy atom. The fourth-order valence-corrected chi connectivity index (χ4v) is 3.13. The molecular formula is C19H26N4O. The van der Waals surface area contributed by atoms with Crippen LogP contribution in [0.4, 0.5) is 11.8 Å². The Hall–Kier alpha value is -2.14. The van der Waals surface area contributed by atoms with Crippen LogP contribution in [0.5, 0.6) is 0 Å². The van der Waals surface area contributed by atoms with Crippen LogP contribution in [0.2, 0.25) is 0 Å². The zero-order valence-corrected chi connectivity index (χ0v) is 14.3. The minimum atomic E-state index is 0.339. The second-order valence-corrected chi connectivity index (χ2v) is 6.29. The fraction of sp³-hybridized carbons (Fsp3) is 0.474. The molecular weight excluding hydrogens is 300 g/mol. The number of rotatable bonds is 7. The largest absolute Gasteiger partial charge is 0.381 e. The smallest absolute Gasteiger partial charge is 0.222 e. The lowest BCUT2D eigenvalue weighted by Gasteiger charge is -2.24. The summed E-state index contributed by atoms with van der Waals surface area (Å²) in [6, 6.07) is 12.6. The molecule has 0 radical (unpaired) electrons. The first-order valence-electron chi connectivity index (χ1n) is 8.77. The summed E-state index contributed by atoms with van der Waals surface area (Å²) in [5.41, 5.74) is 8.33. The summed E-state index contributed by atoms with van der Waals surface area (Å²) < 4.78 is 5.49. The highest BCUT2D eigenvalue weighted by molar-refractivity contribution is 5.44. The topological polar surface area (TPSA) is 64.3 Å². The highest BCUT2D eigenvalue weighted by atomic mass is 16.5. The highest BCUT2D eigenvalue weighted by Gasteiger charge is 2.21. The average Bonchev–Trinajstić information content (AvgIpc) is 3.13. The zero-order valence-electron chi connectivity index (χ0n) is 14.3. The lowest BCUT2D eigenvalue weighted by atomic mass is 10.0. The lowest BCUT2D eigenvalue weighted by Crippen LogP contribution is -2.28. The van der Waals surface area contributed by atoms with Gasteiger partial charge < -0.3 is 15.4 Å². The van der Waals surface area contributed by atoms with Crippen molar-refractivity contribution in [1.29, 1.82) is 0 Å². The van der Waals surface area contributed by atoms with Crippen LogP contribution >= 0.6 is 0 Å². The van der Waals surface area contributed by atoms with E-state index >= 15 is 0 Å². The van der Waals surface area contributed by atoms with Gasteiger partial charge >= 0.3 is 0 Å². The maximum absolute atomic E-state index is 5.98. The third kappa shape index (κ3) is 4.23. The maximum atomic E-state index is 5.98. The number of hydrogen-bond donors (Lipinski definition) is 1. The van der Waals surface area contributed by atoms with E-state index in [1.807, 2.05) is 6.07 Å². The van der Waals surface area contributed by atoms with Gasteiger partial charge in [-0.3, -0.25) is 0 Å². The van der Waals surface area contributed by atoms with E-state index in [4.69, 9.17) is 10.5 Å². The molecule has 1 aliphatic rings. The van der Waals surface area contributed by atoms with Gasteiger partial charge in [0.2, 0.25) is 5.95 Å². The number of nitrogens with two attached hydrogens (primary N) is 1. The van der Waals surface area contributed by atoms with Gasteiger partial charge in [0.05, 0.1) is 12.3 Å². The first-order valence-corrected chi connectivity index (χ1v) is 8.77. The summed E-state index contributed by atoms with van der Waals surface area (Å²) in [4.78, 5) is 11.2. The molecule has 0 bridgehead atoms. The van der Waals surface area contributed by atoms with Crippen molar-refractivity contribution in [3.8, 4) is 0 Å². The predicted octanol–water partition coefficient (Wildman–Crippen LogP) is 3.02. The van der Waals surface area contributed by atoms with Gasteiger partial charge in [0, 0.05) is 31.7 Å². The number of ether oxygens (including phenoxy) is 1. The molecule has 0 amide bonds. The van der Waals surface area contributed by atoms with Crippen molar-refractivity contribution in [3.63, 3.8) is 0 Å². The molecule has 2 N–H and O–H groups in total. The zero-order chi connectivity index (χ0) is 16.8. The molecule has 5 heteroatoms. The summed E-state index contributed by atoms with van der Waals surface area (Å²) in [6.07, 6.45) is 3.07. The molecule has 0 aliphatic carbocycles. The Morgan fingerprint density at radius 2 is 2.04 bits per heavy atom. The van der Waals surface area contributed by atoms with Crippen LogP contribution < -0.4 is 10.6 Å². The van der Waals surface area contributed by atoms with Gasteiger partial charge in [-0.2, -0.15) is 4.98 Å². The third-order valence-corrected chi connectivity index (χ3v) is 4.43. The van der Waals surface area contributed by atoms with Crippen LogP contribution in [0.15, 0.2) is 36.4 Å². The Balaban J connectivity index is 1.76. The molecule has 1 saturated heterocycles. The SMILES string of the molecule is CCCN(CCc1ccccc1)c1cc(C2CCOC2)nc(N)n1. The standard InChI is InChI=1S/C19H26N4O/c1-2-10-23(11-8-15-6-4-3-5-7-15)18-13-17(21-19(20)22-18)16-9-12-24-14-16/h3-7,13,16H,2,8-12,14H2,1H3,(H2,20,21,22). The molecule has 3 rings (SSSR count). The molecule has 5 nitrogen and oxygen atoms in total. The summed E-state index contributed by atoms with van der Waals surface area (Å²) in [6.45, 7) is 5.61. The first kappa shape index (κ1) is 16.7. The van der Waals surface area contributed by atoms with Crippen molar-refractivity contribution < 1.29 is 4.74 Å². The molecule has 1 aliphatic heterocycles. The van der Waals surface area contributed by atoms with Crippen molar-refractivity contribution in [2.24, 2.45) is 0 Å². The van der Waals surface area contributed by atoms with Gasteiger partial charge in [-0.1, -0.05) is 37.3 Å². The van der Waals surface area contributed by atoms with E-state index in [9.17, 15) is 0 Å². The van der Waals surface area contributed by atoms with Crippen LogP contribution in [-0.4, -0.2) is 36.3 Å². The van der Waals surface area contributed by atoms with Gasteiger partial charge in [0.1, 0.15) is 5.82 Å². The second-order valence-electron chi connectivity index (χ2n) is 6.29. The fourth-order valence-electron chi connectivity index (χ4n) is 3.13. The molecule has 2 heterocycles. The van der Waals surface area contributed by atoms with Gasteiger partial charge in [-0.15, -0.1) is 0 Å². The molecule has 0 saturated carbocycles. The van der Waals surface area contributed by atoms with Crippen LogP contribution in [0.1, 0.15) is 36.9 Å². The number of aromatic nitrogens is 2. The van der Waals surface area contributed by atoms with Gasteiger partial charge in [-0.25, -0.2) is 4.98 Å². The van der Waals surface area contributed by atoms with E-state index < -0.39 is 0 Å². The van der Waals surface area contributed by atoms with Crippen LogP contribution in [0, 0.1) is 0 Å². The number of anilines is 2. The number of nitrogens with zero attached hydrogens (tertiary/aromatic N) is 3. The van der Waals surface area contributed by atoms with Crippen molar-refractivity contribution in [2.45, 2.75) is 32.1 Å². The Bertz CT molecular complexity index is 641. The summed E-state index contributed by atoms with van der Waals surface area (Å²) in [5.74, 6) is 1.63. The predicted molar refractivity (Wildman–Crippen MR) is 97.3 cm³/mol. The molecule has 1 unspecified atom stereocenters. The maximum Gasteiger partial charge on any atom is 0.222 e. The van der Waals surface area contributed by atoms with E-state index in [-0.39, 0.29) is 0 Å². The number of nitrogen functional groups attached to an aromatic ring is 1. The highest BCUT2D eigenvalue weighted by Crippen LogP contribution is 2.26. The molecule has 2 aromatic rings. The normalized spacial score (nSPS) is 17.1.